The number of fused-ring (bicyclic) bond motifs is 2. The molecule has 1 aliphatic heterocycles. The number of rotatable bonds is 3. The number of carbonyl (C=O) groups excluding carboxylic acids is 1. The molecule has 4 rings (SSSR count). The summed E-state index contributed by atoms with van der Waals surface area (Å²) in [5.41, 5.74) is 1.87. The van der Waals surface area contributed by atoms with Crippen LogP contribution in [-0.4, -0.2) is 24.1 Å². The van der Waals surface area contributed by atoms with Crippen molar-refractivity contribution < 1.29 is 23.8 Å². The molecule has 0 bridgehead atoms. The van der Waals surface area contributed by atoms with Crippen molar-refractivity contribution in [2.24, 2.45) is 0 Å². The Morgan fingerprint density at radius 1 is 1.00 bits per heavy atom. The van der Waals surface area contributed by atoms with E-state index in [1.807, 2.05) is 0 Å². The lowest BCUT2D eigenvalue weighted by molar-refractivity contribution is 0.101. The number of aliphatic hydroxyl groups excluding tert-OH is 1. The van der Waals surface area contributed by atoms with Gasteiger partial charge in [-0.2, -0.15) is 0 Å². The number of hydrogen-bond donors (Lipinski definition) is 1. The minimum Gasteiger partial charge on any atom is -0.486 e. The van der Waals surface area contributed by atoms with Crippen molar-refractivity contribution in [3.05, 3.63) is 59.4 Å². The molecule has 23 heavy (non-hydrogen) atoms. The van der Waals surface area contributed by atoms with Gasteiger partial charge in [0.2, 0.25) is 5.78 Å². The predicted octanol–water partition coefficient (Wildman–Crippen LogP) is 2.93. The summed E-state index contributed by atoms with van der Waals surface area (Å²) in [6.07, 6.45) is 0. The second-order valence-electron chi connectivity index (χ2n) is 5.33. The van der Waals surface area contributed by atoms with Gasteiger partial charge in [0.1, 0.15) is 18.8 Å². The second kappa shape index (κ2) is 5.44. The van der Waals surface area contributed by atoms with Gasteiger partial charge < -0.3 is 19.0 Å². The lowest BCUT2D eigenvalue weighted by Crippen LogP contribution is -2.15. The lowest BCUT2D eigenvalue weighted by Gasteiger charge is -2.18. The van der Waals surface area contributed by atoms with Crippen LogP contribution in [0, 0.1) is 0 Å². The molecule has 2 aromatic carbocycles. The first-order valence-corrected chi connectivity index (χ1v) is 7.32. The molecular formula is C18H14O5. The minimum atomic E-state index is -0.219. The third-order valence-electron chi connectivity index (χ3n) is 3.79. The third kappa shape index (κ3) is 2.45. The van der Waals surface area contributed by atoms with Gasteiger partial charge in [0.25, 0.3) is 0 Å². The largest absolute Gasteiger partial charge is 0.486 e. The highest BCUT2D eigenvalue weighted by Gasteiger charge is 2.19. The second-order valence-corrected chi connectivity index (χ2v) is 5.33. The highest BCUT2D eigenvalue weighted by Crippen LogP contribution is 2.32. The van der Waals surface area contributed by atoms with Gasteiger partial charge in [-0.3, -0.25) is 4.79 Å². The first-order chi connectivity index (χ1) is 11.2. The maximum Gasteiger partial charge on any atom is 0.228 e. The van der Waals surface area contributed by atoms with Crippen LogP contribution in [0.2, 0.25) is 0 Å². The van der Waals surface area contributed by atoms with Gasteiger partial charge >= 0.3 is 0 Å². The van der Waals surface area contributed by atoms with Crippen molar-refractivity contribution in [3.63, 3.8) is 0 Å². The topological polar surface area (TPSA) is 68.9 Å². The first-order valence-electron chi connectivity index (χ1n) is 7.32. The monoisotopic (exact) mass is 310 g/mol. The Morgan fingerprint density at radius 3 is 2.65 bits per heavy atom. The Labute approximate surface area is 132 Å². The molecule has 0 atom stereocenters. The Morgan fingerprint density at radius 2 is 1.83 bits per heavy atom. The van der Waals surface area contributed by atoms with Crippen molar-refractivity contribution in [3.8, 4) is 11.5 Å². The summed E-state index contributed by atoms with van der Waals surface area (Å²) in [5.74, 6) is 1.25. The van der Waals surface area contributed by atoms with E-state index in [-0.39, 0.29) is 18.2 Å². The van der Waals surface area contributed by atoms with Crippen LogP contribution >= 0.6 is 0 Å². The van der Waals surface area contributed by atoms with E-state index in [2.05, 4.69) is 0 Å². The molecule has 0 radical (unpaired) electrons. The molecular weight excluding hydrogens is 296 g/mol. The van der Waals surface area contributed by atoms with Gasteiger partial charge in [-0.15, -0.1) is 0 Å². The number of carbonyl (C=O) groups is 1. The van der Waals surface area contributed by atoms with Gasteiger partial charge in [0.05, 0.1) is 6.61 Å². The normalized spacial score (nSPS) is 13.3. The number of aliphatic hydroxyl groups is 1. The average molecular weight is 310 g/mol. The van der Waals surface area contributed by atoms with Gasteiger partial charge in [0.15, 0.2) is 17.3 Å². The van der Waals surface area contributed by atoms with Gasteiger partial charge in [-0.25, -0.2) is 0 Å². The van der Waals surface area contributed by atoms with E-state index < -0.39 is 0 Å². The maximum absolute atomic E-state index is 12.6. The van der Waals surface area contributed by atoms with Gasteiger partial charge in [-0.05, 0) is 42.0 Å². The Hall–Kier alpha value is -2.79. The predicted molar refractivity (Wildman–Crippen MR) is 83.0 cm³/mol. The van der Waals surface area contributed by atoms with Crippen LogP contribution in [0.1, 0.15) is 21.7 Å². The SMILES string of the molecule is O=C(c1ccc2c(c1)OCCO2)c1cc2cc(CO)ccc2o1. The van der Waals surface area contributed by atoms with Crippen LogP contribution in [0.3, 0.4) is 0 Å². The van der Waals surface area contributed by atoms with Crippen molar-refractivity contribution in [2.45, 2.75) is 6.61 Å². The fraction of sp³-hybridized carbons (Fsp3) is 0.167. The molecule has 0 fully saturated rings. The number of ether oxygens (including phenoxy) is 2. The summed E-state index contributed by atoms with van der Waals surface area (Å²) in [6.45, 7) is 0.933. The number of hydrogen-bond acceptors (Lipinski definition) is 5. The van der Waals surface area contributed by atoms with Crippen molar-refractivity contribution in [1.82, 2.24) is 0 Å². The molecule has 0 aliphatic carbocycles. The zero-order valence-corrected chi connectivity index (χ0v) is 12.2. The van der Waals surface area contributed by atoms with Crippen LogP contribution in [0.4, 0.5) is 0 Å². The summed E-state index contributed by atoms with van der Waals surface area (Å²) < 4.78 is 16.6. The summed E-state index contributed by atoms with van der Waals surface area (Å²) >= 11 is 0. The van der Waals surface area contributed by atoms with E-state index in [9.17, 15) is 9.90 Å². The lowest BCUT2D eigenvalue weighted by atomic mass is 10.1. The van der Waals surface area contributed by atoms with E-state index in [1.165, 1.54) is 0 Å². The molecule has 0 saturated heterocycles. The fourth-order valence-electron chi connectivity index (χ4n) is 2.63. The summed E-state index contributed by atoms with van der Waals surface area (Å²) in [5, 5.41) is 9.97. The molecule has 1 N–H and O–H groups in total. The number of benzene rings is 2. The first kappa shape index (κ1) is 13.8. The zero-order chi connectivity index (χ0) is 15.8. The molecule has 5 heteroatoms. The van der Waals surface area contributed by atoms with E-state index in [1.54, 1.807) is 42.5 Å². The van der Waals surface area contributed by atoms with E-state index in [0.29, 0.717) is 35.9 Å². The average Bonchev–Trinajstić information content (AvgIpc) is 3.03. The number of ketones is 1. The smallest absolute Gasteiger partial charge is 0.228 e. The number of furan rings is 1. The van der Waals surface area contributed by atoms with Crippen molar-refractivity contribution in [2.75, 3.05) is 13.2 Å². The Bertz CT molecular complexity index is 894. The molecule has 0 unspecified atom stereocenters. The molecule has 5 nitrogen and oxygen atoms in total. The fourth-order valence-corrected chi connectivity index (χ4v) is 2.63. The van der Waals surface area contributed by atoms with Crippen LogP contribution in [0.15, 0.2) is 46.9 Å². The Balaban J connectivity index is 1.71. The summed E-state index contributed by atoms with van der Waals surface area (Å²) in [7, 11) is 0. The quantitative estimate of drug-likeness (QED) is 0.753. The molecule has 0 saturated carbocycles. The van der Waals surface area contributed by atoms with E-state index >= 15 is 0 Å². The molecule has 2 heterocycles. The molecule has 1 aliphatic rings. The summed E-state index contributed by atoms with van der Waals surface area (Å²) in [6, 6.07) is 12.1. The molecule has 1 aromatic heterocycles. The van der Waals surface area contributed by atoms with Crippen molar-refractivity contribution >= 4 is 16.8 Å². The molecule has 3 aromatic rings. The van der Waals surface area contributed by atoms with Crippen LogP contribution < -0.4 is 9.47 Å². The van der Waals surface area contributed by atoms with Crippen LogP contribution in [-0.2, 0) is 6.61 Å². The van der Waals surface area contributed by atoms with Crippen molar-refractivity contribution in [1.29, 1.82) is 0 Å². The van der Waals surface area contributed by atoms with Gasteiger partial charge in [-0.1, -0.05) is 6.07 Å². The van der Waals surface area contributed by atoms with Gasteiger partial charge in [0, 0.05) is 10.9 Å². The van der Waals surface area contributed by atoms with E-state index in [0.717, 1.165) is 10.9 Å². The highest BCUT2D eigenvalue weighted by molar-refractivity contribution is 6.09. The molecule has 0 amide bonds. The zero-order valence-electron chi connectivity index (χ0n) is 12.2. The molecule has 116 valence electrons. The molecule has 0 spiro atoms. The standard InChI is InChI=1S/C18H14O5/c19-10-11-1-3-14-13(7-11)9-17(23-14)18(20)12-2-4-15-16(8-12)22-6-5-21-15/h1-4,7-9,19H,5-6,10H2. The minimum absolute atomic E-state index is 0.0490. The van der Waals surface area contributed by atoms with Crippen LogP contribution in [0.25, 0.3) is 11.0 Å². The highest BCUT2D eigenvalue weighted by atomic mass is 16.6. The van der Waals surface area contributed by atoms with Crippen LogP contribution in [0.5, 0.6) is 11.5 Å². The third-order valence-corrected chi connectivity index (χ3v) is 3.79. The Kier molecular flexibility index (Phi) is 3.28. The summed E-state index contributed by atoms with van der Waals surface area (Å²) in [4.78, 5) is 12.6. The maximum atomic E-state index is 12.6. The van der Waals surface area contributed by atoms with E-state index in [4.69, 9.17) is 13.9 Å².